The first-order chi connectivity index (χ1) is 9.34. The van der Waals surface area contributed by atoms with Gasteiger partial charge in [0.15, 0.2) is 0 Å². The Morgan fingerprint density at radius 1 is 1.20 bits per heavy atom. The van der Waals surface area contributed by atoms with Crippen molar-refractivity contribution in [3.63, 3.8) is 0 Å². The first-order valence-electron chi connectivity index (χ1n) is 7.16. The lowest BCUT2D eigenvalue weighted by molar-refractivity contribution is 0.387. The molecule has 0 unspecified atom stereocenters. The van der Waals surface area contributed by atoms with E-state index in [0.29, 0.717) is 23.7 Å². The van der Waals surface area contributed by atoms with Crippen LogP contribution >= 0.6 is 0 Å². The molecule has 0 radical (unpaired) electrons. The molecule has 0 heterocycles. The molecule has 1 fully saturated rings. The molecule has 5 heteroatoms. The predicted octanol–water partition coefficient (Wildman–Crippen LogP) is 2.70. The third kappa shape index (κ3) is 2.83. The molecule has 1 aromatic carbocycles. The molecule has 0 atom stereocenters. The smallest absolute Gasteiger partial charge is 0.245 e. The topological polar surface area (TPSA) is 63.4 Å². The minimum Gasteiger partial charge on any atom is -0.397 e. The molecule has 0 aliphatic heterocycles. The number of sulfonamides is 1. The molecule has 0 aromatic heterocycles. The number of rotatable bonds is 4. The van der Waals surface area contributed by atoms with E-state index in [1.54, 1.807) is 14.0 Å². The number of nitrogen functional groups attached to an aromatic ring is 1. The summed E-state index contributed by atoms with van der Waals surface area (Å²) in [5.41, 5.74) is 7.91. The Morgan fingerprint density at radius 3 is 2.35 bits per heavy atom. The van der Waals surface area contributed by atoms with Crippen molar-refractivity contribution in [1.82, 2.24) is 4.31 Å². The number of aryl methyl sites for hydroxylation is 2. The van der Waals surface area contributed by atoms with Gasteiger partial charge in [0.25, 0.3) is 0 Å². The normalized spacial score (nSPS) is 17.0. The Balaban J connectivity index is 2.32. The fraction of sp³-hybridized carbons (Fsp3) is 0.600. The van der Waals surface area contributed by atoms with Crippen LogP contribution in [0.25, 0.3) is 0 Å². The minimum absolute atomic E-state index is 0.276. The van der Waals surface area contributed by atoms with Gasteiger partial charge in [-0.3, -0.25) is 0 Å². The molecule has 4 nitrogen and oxygen atoms in total. The van der Waals surface area contributed by atoms with E-state index >= 15 is 0 Å². The zero-order valence-corrected chi connectivity index (χ0v) is 13.3. The highest BCUT2D eigenvalue weighted by Crippen LogP contribution is 2.31. The van der Waals surface area contributed by atoms with Crippen molar-refractivity contribution in [1.29, 1.82) is 0 Å². The number of benzene rings is 1. The van der Waals surface area contributed by atoms with Crippen molar-refractivity contribution in [3.8, 4) is 0 Å². The maximum Gasteiger partial charge on any atom is 0.245 e. The molecule has 112 valence electrons. The molecule has 1 aliphatic carbocycles. The molecule has 0 saturated heterocycles. The number of hydrogen-bond donors (Lipinski definition) is 1. The van der Waals surface area contributed by atoms with E-state index in [9.17, 15) is 8.42 Å². The lowest BCUT2D eigenvalue weighted by Gasteiger charge is -2.23. The Bertz CT molecular complexity index is 590. The third-order valence-electron chi connectivity index (χ3n) is 4.27. The number of nitrogens with two attached hydrogens (primary N) is 1. The Kier molecular flexibility index (Phi) is 4.39. The van der Waals surface area contributed by atoms with Crippen LogP contribution in [0.4, 0.5) is 5.69 Å². The van der Waals surface area contributed by atoms with E-state index < -0.39 is 10.0 Å². The van der Waals surface area contributed by atoms with Crippen LogP contribution in [0.2, 0.25) is 0 Å². The van der Waals surface area contributed by atoms with Gasteiger partial charge in [0.1, 0.15) is 4.90 Å². The van der Waals surface area contributed by atoms with Gasteiger partial charge in [-0.25, -0.2) is 12.7 Å². The van der Waals surface area contributed by atoms with Gasteiger partial charge in [-0.05, 0) is 43.7 Å². The van der Waals surface area contributed by atoms with Crippen molar-refractivity contribution in [3.05, 3.63) is 23.3 Å². The summed E-state index contributed by atoms with van der Waals surface area (Å²) in [5.74, 6) is 0.487. The lowest BCUT2D eigenvalue weighted by Crippen LogP contribution is -2.32. The summed E-state index contributed by atoms with van der Waals surface area (Å²) in [6.07, 6.45) is 4.68. The number of nitrogens with zero attached hydrogens (tertiary/aromatic N) is 1. The maximum atomic E-state index is 12.8. The van der Waals surface area contributed by atoms with Crippen molar-refractivity contribution >= 4 is 15.7 Å². The van der Waals surface area contributed by atoms with Crippen LogP contribution in [-0.2, 0) is 10.0 Å². The van der Waals surface area contributed by atoms with Crippen molar-refractivity contribution in [2.75, 3.05) is 19.3 Å². The molecular formula is C15H24N2O2S. The summed E-state index contributed by atoms with van der Waals surface area (Å²) in [7, 11) is -1.84. The summed E-state index contributed by atoms with van der Waals surface area (Å²) in [4.78, 5) is 0.276. The quantitative estimate of drug-likeness (QED) is 0.869. The van der Waals surface area contributed by atoms with Crippen LogP contribution in [0.5, 0.6) is 0 Å². The fourth-order valence-electron chi connectivity index (χ4n) is 2.96. The second kappa shape index (κ2) is 5.74. The van der Waals surface area contributed by atoms with Gasteiger partial charge in [0, 0.05) is 13.6 Å². The molecule has 0 spiro atoms. The van der Waals surface area contributed by atoms with Crippen molar-refractivity contribution < 1.29 is 8.42 Å². The Hall–Kier alpha value is -1.07. The van der Waals surface area contributed by atoms with Crippen LogP contribution in [0.1, 0.15) is 36.8 Å². The van der Waals surface area contributed by atoms with Crippen LogP contribution in [0.15, 0.2) is 17.0 Å². The predicted molar refractivity (Wildman–Crippen MR) is 82.1 cm³/mol. The van der Waals surface area contributed by atoms with E-state index in [4.69, 9.17) is 5.73 Å². The molecule has 1 aliphatic rings. The van der Waals surface area contributed by atoms with E-state index in [0.717, 1.165) is 18.4 Å². The van der Waals surface area contributed by atoms with Crippen molar-refractivity contribution in [2.45, 2.75) is 44.4 Å². The van der Waals surface area contributed by atoms with Crippen LogP contribution in [-0.4, -0.2) is 26.3 Å². The highest BCUT2D eigenvalue weighted by Gasteiger charge is 2.28. The molecule has 1 aromatic rings. The van der Waals surface area contributed by atoms with Crippen LogP contribution in [0.3, 0.4) is 0 Å². The molecule has 0 amide bonds. The average molecular weight is 296 g/mol. The molecular weight excluding hydrogens is 272 g/mol. The van der Waals surface area contributed by atoms with Gasteiger partial charge in [-0.1, -0.05) is 25.0 Å². The van der Waals surface area contributed by atoms with Gasteiger partial charge >= 0.3 is 0 Å². The van der Waals surface area contributed by atoms with Gasteiger partial charge < -0.3 is 5.73 Å². The molecule has 0 bridgehead atoms. The zero-order valence-electron chi connectivity index (χ0n) is 12.5. The second-order valence-electron chi connectivity index (χ2n) is 5.88. The highest BCUT2D eigenvalue weighted by atomic mass is 32.2. The molecule has 2 N–H and O–H groups in total. The lowest BCUT2D eigenvalue weighted by atomic mass is 10.1. The molecule has 2 rings (SSSR count). The number of hydrogen-bond acceptors (Lipinski definition) is 3. The van der Waals surface area contributed by atoms with Crippen molar-refractivity contribution in [2.24, 2.45) is 5.92 Å². The largest absolute Gasteiger partial charge is 0.397 e. The first kappa shape index (κ1) is 15.3. The fourth-order valence-corrected chi connectivity index (χ4v) is 4.59. The van der Waals surface area contributed by atoms with E-state index in [-0.39, 0.29) is 4.90 Å². The summed E-state index contributed by atoms with van der Waals surface area (Å²) in [6.45, 7) is 4.23. The second-order valence-corrected chi connectivity index (χ2v) is 7.86. The molecule has 20 heavy (non-hydrogen) atoms. The van der Waals surface area contributed by atoms with Crippen LogP contribution in [0, 0.1) is 19.8 Å². The highest BCUT2D eigenvalue weighted by molar-refractivity contribution is 7.89. The zero-order chi connectivity index (χ0) is 14.9. The van der Waals surface area contributed by atoms with E-state index in [2.05, 4.69) is 0 Å². The summed E-state index contributed by atoms with van der Waals surface area (Å²) < 4.78 is 27.0. The van der Waals surface area contributed by atoms with E-state index in [1.165, 1.54) is 17.1 Å². The van der Waals surface area contributed by atoms with Gasteiger partial charge in [-0.2, -0.15) is 0 Å². The number of anilines is 1. The summed E-state index contributed by atoms with van der Waals surface area (Å²) >= 11 is 0. The first-order valence-corrected chi connectivity index (χ1v) is 8.60. The third-order valence-corrected chi connectivity index (χ3v) is 6.30. The monoisotopic (exact) mass is 296 g/mol. The standard InChI is InChI=1S/C15H24N2O2S/c1-11-8-9-12(2)15(14(11)16)20(18,19)17(3)10-13-6-4-5-7-13/h8-9,13H,4-7,10,16H2,1-3H3. The summed E-state index contributed by atoms with van der Waals surface area (Å²) in [5, 5.41) is 0. The Labute approximate surface area is 122 Å². The van der Waals surface area contributed by atoms with Gasteiger partial charge in [-0.15, -0.1) is 0 Å². The minimum atomic E-state index is -3.50. The average Bonchev–Trinajstić information content (AvgIpc) is 2.87. The SMILES string of the molecule is Cc1ccc(C)c(S(=O)(=O)N(C)CC2CCCC2)c1N. The maximum absolute atomic E-state index is 12.8. The molecule has 1 saturated carbocycles. The van der Waals surface area contributed by atoms with Gasteiger partial charge in [0.2, 0.25) is 10.0 Å². The van der Waals surface area contributed by atoms with Crippen LogP contribution < -0.4 is 5.73 Å². The Morgan fingerprint density at radius 2 is 1.75 bits per heavy atom. The summed E-state index contributed by atoms with van der Waals surface area (Å²) in [6, 6.07) is 3.68. The van der Waals surface area contributed by atoms with Gasteiger partial charge in [0.05, 0.1) is 5.69 Å². The van der Waals surface area contributed by atoms with E-state index in [1.807, 2.05) is 19.1 Å².